The Bertz CT molecular complexity index is 828. The van der Waals surface area contributed by atoms with Crippen LogP contribution in [0.5, 0.6) is 0 Å². The molecule has 1 aliphatic rings. The van der Waals surface area contributed by atoms with Gasteiger partial charge in [0.15, 0.2) is 0 Å². The quantitative estimate of drug-likeness (QED) is 0.852. The Labute approximate surface area is 150 Å². The molecule has 1 N–H and O–H groups in total. The number of carbonyl (C=O) groups excluding carboxylic acids is 2. The normalized spacial score (nSPS) is 13.5. The maximum atomic E-state index is 12.5. The Hall–Kier alpha value is -2.54. The van der Waals surface area contributed by atoms with E-state index < -0.39 is 0 Å². The monoisotopic (exact) mass is 356 g/mol. The van der Waals surface area contributed by atoms with E-state index in [4.69, 9.17) is 0 Å². The molecule has 0 aliphatic carbocycles. The van der Waals surface area contributed by atoms with Crippen LogP contribution in [0.4, 0.5) is 10.8 Å². The molecule has 0 unspecified atom stereocenters. The minimum Gasteiger partial charge on any atom is -0.309 e. The van der Waals surface area contributed by atoms with Gasteiger partial charge in [-0.25, -0.2) is 4.98 Å². The molecule has 0 fully saturated rings. The molecule has 1 aliphatic heterocycles. The Morgan fingerprint density at radius 2 is 2.20 bits per heavy atom. The summed E-state index contributed by atoms with van der Waals surface area (Å²) in [6.07, 6.45) is 3.02. The predicted molar refractivity (Wildman–Crippen MR) is 99.3 cm³/mol. The number of benzene rings is 1. The summed E-state index contributed by atoms with van der Waals surface area (Å²) in [4.78, 5) is 30.5. The molecule has 2 amide bonds. The van der Waals surface area contributed by atoms with Gasteiger partial charge in [-0.15, -0.1) is 0 Å². The predicted octanol–water partition coefficient (Wildman–Crippen LogP) is 3.38. The zero-order chi connectivity index (χ0) is 18.0. The number of fused-ring (bicyclic) bond motifs is 1. The van der Waals surface area contributed by atoms with Crippen LogP contribution in [0.3, 0.4) is 0 Å². The van der Waals surface area contributed by atoms with Crippen molar-refractivity contribution >= 4 is 34.2 Å². The largest absolute Gasteiger partial charge is 0.309 e. The first-order valence-corrected chi connectivity index (χ1v) is 8.98. The molecule has 2 aromatic rings. The summed E-state index contributed by atoms with van der Waals surface area (Å²) in [5, 5.41) is 3.29. The summed E-state index contributed by atoms with van der Waals surface area (Å²) in [6, 6.07) is 5.40. The maximum absolute atomic E-state index is 12.5. The van der Waals surface area contributed by atoms with Gasteiger partial charge in [-0.1, -0.05) is 20.4 Å². The van der Waals surface area contributed by atoms with Gasteiger partial charge in [0.2, 0.25) is 11.0 Å². The number of aryl methyl sites for hydroxylation is 1. The van der Waals surface area contributed by atoms with E-state index in [2.05, 4.69) is 21.3 Å². The van der Waals surface area contributed by atoms with Crippen LogP contribution in [0.2, 0.25) is 0 Å². The topological polar surface area (TPSA) is 75.2 Å². The summed E-state index contributed by atoms with van der Waals surface area (Å²) in [5.74, 6) is 0.609. The number of anilines is 2. The smallest absolute Gasteiger partial charge is 0.257 e. The highest BCUT2D eigenvalue weighted by Gasteiger charge is 2.22. The van der Waals surface area contributed by atoms with Crippen LogP contribution in [-0.2, 0) is 11.2 Å². The molecule has 0 radical (unpaired) electrons. The lowest BCUT2D eigenvalue weighted by Gasteiger charge is -2.28. The van der Waals surface area contributed by atoms with Crippen LogP contribution >= 0.6 is 11.5 Å². The Balaban J connectivity index is 1.80. The summed E-state index contributed by atoms with van der Waals surface area (Å²) >= 11 is 1.18. The summed E-state index contributed by atoms with van der Waals surface area (Å²) in [6.45, 7) is 8.24. The molecule has 1 aromatic carbocycles. The van der Waals surface area contributed by atoms with Crippen LogP contribution in [0.15, 0.2) is 30.9 Å². The lowest BCUT2D eigenvalue weighted by molar-refractivity contribution is -0.114. The van der Waals surface area contributed by atoms with E-state index in [9.17, 15) is 9.59 Å². The number of aromatic nitrogens is 2. The van der Waals surface area contributed by atoms with Crippen molar-refractivity contribution in [2.24, 2.45) is 0 Å². The second kappa shape index (κ2) is 7.14. The first-order chi connectivity index (χ1) is 12.0. The fraction of sp³-hybridized carbons (Fsp3) is 0.333. The van der Waals surface area contributed by atoms with E-state index in [-0.39, 0.29) is 17.7 Å². The minimum absolute atomic E-state index is 0.117. The number of nitrogens with zero attached hydrogens (tertiary/aromatic N) is 3. The van der Waals surface area contributed by atoms with Crippen molar-refractivity contribution in [2.45, 2.75) is 32.6 Å². The van der Waals surface area contributed by atoms with Crippen molar-refractivity contribution in [2.75, 3.05) is 16.8 Å². The van der Waals surface area contributed by atoms with Gasteiger partial charge in [0.05, 0.1) is 0 Å². The third-order valence-corrected chi connectivity index (χ3v) is 4.72. The van der Waals surface area contributed by atoms with Crippen molar-refractivity contribution in [3.05, 3.63) is 47.8 Å². The van der Waals surface area contributed by atoms with Crippen molar-refractivity contribution in [3.63, 3.8) is 0 Å². The highest BCUT2D eigenvalue weighted by molar-refractivity contribution is 7.09. The Morgan fingerprint density at radius 1 is 1.40 bits per heavy atom. The standard InChI is InChI=1S/C18H20N4O2S/c1-4-15(23)22-9-5-6-12-10-13(7-8-14(12)22)17(24)20-18-19-16(11(2)3)21-25-18/h4,7-8,10-11H,1,5-6,9H2,2-3H3,(H,19,20,21,24). The lowest BCUT2D eigenvalue weighted by atomic mass is 9.99. The summed E-state index contributed by atoms with van der Waals surface area (Å²) < 4.78 is 4.23. The van der Waals surface area contributed by atoms with Gasteiger partial charge in [0.25, 0.3) is 5.91 Å². The maximum Gasteiger partial charge on any atom is 0.257 e. The van der Waals surface area contributed by atoms with Crippen molar-refractivity contribution in [3.8, 4) is 0 Å². The van der Waals surface area contributed by atoms with Crippen LogP contribution in [-0.4, -0.2) is 27.7 Å². The van der Waals surface area contributed by atoms with Crippen LogP contribution < -0.4 is 10.2 Å². The zero-order valence-electron chi connectivity index (χ0n) is 14.3. The highest BCUT2D eigenvalue weighted by Crippen LogP contribution is 2.29. The highest BCUT2D eigenvalue weighted by atomic mass is 32.1. The van der Waals surface area contributed by atoms with Gasteiger partial charge in [0, 0.05) is 35.2 Å². The van der Waals surface area contributed by atoms with Gasteiger partial charge >= 0.3 is 0 Å². The molecule has 1 aromatic heterocycles. The van der Waals surface area contributed by atoms with Crippen LogP contribution in [0.25, 0.3) is 0 Å². The molecule has 130 valence electrons. The van der Waals surface area contributed by atoms with E-state index in [1.807, 2.05) is 26.0 Å². The molecule has 0 saturated carbocycles. The lowest BCUT2D eigenvalue weighted by Crippen LogP contribution is -2.34. The second-order valence-corrected chi connectivity index (χ2v) is 6.96. The first kappa shape index (κ1) is 17.3. The van der Waals surface area contributed by atoms with Crippen LogP contribution in [0, 0.1) is 0 Å². The zero-order valence-corrected chi connectivity index (χ0v) is 15.1. The molecule has 0 bridgehead atoms. The summed E-state index contributed by atoms with van der Waals surface area (Å²) in [5.41, 5.74) is 2.40. The van der Waals surface area contributed by atoms with E-state index in [1.54, 1.807) is 11.0 Å². The molecule has 0 atom stereocenters. The average molecular weight is 356 g/mol. The molecule has 25 heavy (non-hydrogen) atoms. The van der Waals surface area contributed by atoms with Crippen molar-refractivity contribution in [1.29, 1.82) is 0 Å². The fourth-order valence-electron chi connectivity index (χ4n) is 2.77. The number of rotatable bonds is 4. The van der Waals surface area contributed by atoms with Gasteiger partial charge in [0.1, 0.15) is 5.82 Å². The Morgan fingerprint density at radius 3 is 2.88 bits per heavy atom. The minimum atomic E-state index is -0.221. The molecule has 7 heteroatoms. The Kier molecular flexibility index (Phi) is 4.94. The molecule has 3 rings (SSSR count). The number of carbonyl (C=O) groups is 2. The van der Waals surface area contributed by atoms with E-state index in [0.717, 1.165) is 29.9 Å². The molecular formula is C18H20N4O2S. The van der Waals surface area contributed by atoms with Gasteiger partial charge in [-0.05, 0) is 42.7 Å². The molecule has 6 nitrogen and oxygen atoms in total. The number of amides is 2. The molecule has 0 saturated heterocycles. The molecular weight excluding hydrogens is 336 g/mol. The number of nitrogens with one attached hydrogen (secondary N) is 1. The average Bonchev–Trinajstić information content (AvgIpc) is 3.08. The van der Waals surface area contributed by atoms with Crippen molar-refractivity contribution in [1.82, 2.24) is 9.36 Å². The van der Waals surface area contributed by atoms with Gasteiger partial charge < -0.3 is 4.90 Å². The first-order valence-electron chi connectivity index (χ1n) is 8.21. The third kappa shape index (κ3) is 3.61. The molecule has 2 heterocycles. The van der Waals surface area contributed by atoms with E-state index in [0.29, 0.717) is 17.2 Å². The van der Waals surface area contributed by atoms with Gasteiger partial charge in [-0.2, -0.15) is 4.37 Å². The fourth-order valence-corrected chi connectivity index (χ4v) is 3.47. The third-order valence-electron chi connectivity index (χ3n) is 4.08. The SMILES string of the molecule is C=CC(=O)N1CCCc2cc(C(=O)Nc3nc(C(C)C)ns3)ccc21. The second-order valence-electron chi connectivity index (χ2n) is 6.21. The van der Waals surface area contributed by atoms with E-state index >= 15 is 0 Å². The number of hydrogen-bond acceptors (Lipinski definition) is 5. The summed E-state index contributed by atoms with van der Waals surface area (Å²) in [7, 11) is 0. The van der Waals surface area contributed by atoms with E-state index in [1.165, 1.54) is 17.6 Å². The number of hydrogen-bond donors (Lipinski definition) is 1. The van der Waals surface area contributed by atoms with Gasteiger partial charge in [-0.3, -0.25) is 14.9 Å². The van der Waals surface area contributed by atoms with Crippen molar-refractivity contribution < 1.29 is 9.59 Å². The van der Waals surface area contributed by atoms with Crippen LogP contribution in [0.1, 0.15) is 47.9 Å². The molecule has 0 spiro atoms.